The Bertz CT molecular complexity index is 1120. The topological polar surface area (TPSA) is 60.2 Å². The van der Waals surface area contributed by atoms with Crippen molar-refractivity contribution in [1.82, 2.24) is 14.5 Å². The Morgan fingerprint density at radius 3 is 2.77 bits per heavy atom. The summed E-state index contributed by atoms with van der Waals surface area (Å²) >= 11 is 1.51. The van der Waals surface area contributed by atoms with E-state index in [1.54, 1.807) is 17.4 Å². The van der Waals surface area contributed by atoms with Gasteiger partial charge in [0.2, 0.25) is 0 Å². The molecule has 0 spiro atoms. The lowest BCUT2D eigenvalue weighted by Crippen LogP contribution is -2.32. The molecule has 2 heterocycles. The highest BCUT2D eigenvalue weighted by molar-refractivity contribution is 7.22. The van der Waals surface area contributed by atoms with E-state index < -0.39 is 0 Å². The summed E-state index contributed by atoms with van der Waals surface area (Å²) in [6, 6.07) is 13.6. The number of amides is 1. The first kappa shape index (κ1) is 20.1. The summed E-state index contributed by atoms with van der Waals surface area (Å²) in [5.74, 6) is 0.705. The van der Waals surface area contributed by atoms with Crippen molar-refractivity contribution in [2.75, 3.05) is 18.1 Å². The van der Waals surface area contributed by atoms with Gasteiger partial charge in [0, 0.05) is 31.0 Å². The van der Waals surface area contributed by atoms with Crippen LogP contribution in [0.3, 0.4) is 0 Å². The first-order chi connectivity index (χ1) is 14.7. The number of para-hydroxylation sites is 1. The molecule has 0 fully saturated rings. The standard InChI is InChI=1S/C23H24N4O2S/c1-3-29-19-6-4-7-20-21(19)25-23(30-20)27(14-5-13-26-15-12-24-16-26)22(28)18-10-8-17(2)9-11-18/h4,6-12,15-16H,3,5,13-14H2,1-2H3. The molecule has 1 amide bonds. The van der Waals surface area contributed by atoms with E-state index in [2.05, 4.69) is 4.98 Å². The second-order valence-corrected chi connectivity index (χ2v) is 8.02. The number of carbonyl (C=O) groups is 1. The molecule has 0 aliphatic heterocycles. The molecule has 0 aliphatic carbocycles. The fraction of sp³-hybridized carbons (Fsp3) is 0.261. The Balaban J connectivity index is 1.65. The quantitative estimate of drug-likeness (QED) is 0.405. The summed E-state index contributed by atoms with van der Waals surface area (Å²) in [4.78, 5) is 24.0. The zero-order chi connectivity index (χ0) is 20.9. The Hall–Kier alpha value is -3.19. The van der Waals surface area contributed by atoms with Crippen molar-refractivity contribution in [3.05, 3.63) is 72.3 Å². The van der Waals surface area contributed by atoms with Crippen LogP contribution in [0.25, 0.3) is 10.2 Å². The van der Waals surface area contributed by atoms with Gasteiger partial charge in [0.1, 0.15) is 11.3 Å². The number of hydrogen-bond acceptors (Lipinski definition) is 5. The van der Waals surface area contributed by atoms with E-state index in [9.17, 15) is 4.79 Å². The molecule has 0 radical (unpaired) electrons. The molecule has 0 saturated heterocycles. The Morgan fingerprint density at radius 1 is 1.20 bits per heavy atom. The number of anilines is 1. The van der Waals surface area contributed by atoms with Crippen molar-refractivity contribution in [2.45, 2.75) is 26.8 Å². The van der Waals surface area contributed by atoms with Gasteiger partial charge in [-0.05, 0) is 44.5 Å². The van der Waals surface area contributed by atoms with Crippen LogP contribution in [-0.2, 0) is 6.54 Å². The van der Waals surface area contributed by atoms with Crippen molar-refractivity contribution >= 4 is 32.6 Å². The highest BCUT2D eigenvalue weighted by atomic mass is 32.1. The van der Waals surface area contributed by atoms with E-state index in [4.69, 9.17) is 9.72 Å². The summed E-state index contributed by atoms with van der Waals surface area (Å²) in [5.41, 5.74) is 2.59. The minimum atomic E-state index is -0.0438. The van der Waals surface area contributed by atoms with Crippen LogP contribution in [0, 0.1) is 6.92 Å². The van der Waals surface area contributed by atoms with Crippen LogP contribution in [-0.4, -0.2) is 33.6 Å². The molecule has 0 atom stereocenters. The number of aryl methyl sites for hydroxylation is 2. The van der Waals surface area contributed by atoms with Gasteiger partial charge in [0.05, 0.1) is 17.6 Å². The predicted molar refractivity (Wildman–Crippen MR) is 120 cm³/mol. The minimum Gasteiger partial charge on any atom is -0.492 e. The van der Waals surface area contributed by atoms with Crippen LogP contribution in [0.2, 0.25) is 0 Å². The molecule has 0 unspecified atom stereocenters. The van der Waals surface area contributed by atoms with Gasteiger partial charge in [-0.1, -0.05) is 35.1 Å². The van der Waals surface area contributed by atoms with Crippen molar-refractivity contribution in [1.29, 1.82) is 0 Å². The molecule has 0 bridgehead atoms. The van der Waals surface area contributed by atoms with Gasteiger partial charge in [0.15, 0.2) is 5.13 Å². The summed E-state index contributed by atoms with van der Waals surface area (Å²) in [5, 5.41) is 0.688. The Morgan fingerprint density at radius 2 is 2.03 bits per heavy atom. The molecule has 0 aliphatic rings. The van der Waals surface area contributed by atoms with Crippen LogP contribution >= 0.6 is 11.3 Å². The fourth-order valence-corrected chi connectivity index (χ4v) is 4.27. The second-order valence-electron chi connectivity index (χ2n) is 7.01. The Kier molecular flexibility index (Phi) is 6.09. The highest BCUT2D eigenvalue weighted by Crippen LogP contribution is 2.35. The van der Waals surface area contributed by atoms with Gasteiger partial charge >= 0.3 is 0 Å². The number of fused-ring (bicyclic) bond motifs is 1. The molecular weight excluding hydrogens is 396 g/mol. The van der Waals surface area contributed by atoms with Gasteiger partial charge in [-0.25, -0.2) is 9.97 Å². The highest BCUT2D eigenvalue weighted by Gasteiger charge is 2.22. The molecule has 0 N–H and O–H groups in total. The predicted octanol–water partition coefficient (Wildman–Crippen LogP) is 4.94. The number of aromatic nitrogens is 3. The summed E-state index contributed by atoms with van der Waals surface area (Å²) in [7, 11) is 0. The number of hydrogen-bond donors (Lipinski definition) is 0. The van der Waals surface area contributed by atoms with E-state index in [0.717, 1.165) is 34.5 Å². The monoisotopic (exact) mass is 420 g/mol. The molecule has 4 aromatic rings. The third kappa shape index (κ3) is 4.36. The number of imidazole rings is 1. The largest absolute Gasteiger partial charge is 0.492 e. The number of carbonyl (C=O) groups excluding carboxylic acids is 1. The maximum atomic E-state index is 13.4. The maximum Gasteiger partial charge on any atom is 0.260 e. The van der Waals surface area contributed by atoms with Crippen LogP contribution in [0.15, 0.2) is 61.2 Å². The van der Waals surface area contributed by atoms with E-state index in [0.29, 0.717) is 23.8 Å². The van der Waals surface area contributed by atoms with Crippen LogP contribution in [0.5, 0.6) is 5.75 Å². The first-order valence-electron chi connectivity index (χ1n) is 10.0. The number of rotatable bonds is 8. The lowest BCUT2D eigenvalue weighted by molar-refractivity contribution is 0.0986. The molecule has 154 valence electrons. The summed E-state index contributed by atoms with van der Waals surface area (Å²) in [6.45, 7) is 5.89. The third-order valence-corrected chi connectivity index (χ3v) is 5.85. The zero-order valence-electron chi connectivity index (χ0n) is 17.1. The SMILES string of the molecule is CCOc1cccc2sc(N(CCCn3ccnc3)C(=O)c3ccc(C)cc3)nc12. The number of ether oxygens (including phenoxy) is 1. The minimum absolute atomic E-state index is 0.0438. The summed E-state index contributed by atoms with van der Waals surface area (Å²) in [6.07, 6.45) is 6.27. The van der Waals surface area contributed by atoms with Gasteiger partial charge in [-0.2, -0.15) is 0 Å². The number of benzene rings is 2. The van der Waals surface area contributed by atoms with Crippen molar-refractivity contribution in [2.24, 2.45) is 0 Å². The van der Waals surface area contributed by atoms with Crippen molar-refractivity contribution in [3.8, 4) is 5.75 Å². The van der Waals surface area contributed by atoms with E-state index in [1.807, 2.05) is 67.1 Å². The first-order valence-corrected chi connectivity index (χ1v) is 10.8. The van der Waals surface area contributed by atoms with Crippen molar-refractivity contribution < 1.29 is 9.53 Å². The van der Waals surface area contributed by atoms with Crippen molar-refractivity contribution in [3.63, 3.8) is 0 Å². The van der Waals surface area contributed by atoms with Crippen LogP contribution in [0.4, 0.5) is 5.13 Å². The average molecular weight is 421 g/mol. The zero-order valence-corrected chi connectivity index (χ0v) is 17.9. The van der Waals surface area contributed by atoms with E-state index >= 15 is 0 Å². The third-order valence-electron chi connectivity index (χ3n) is 4.80. The molecular formula is C23H24N4O2S. The van der Waals surface area contributed by atoms with Crippen LogP contribution in [0.1, 0.15) is 29.3 Å². The number of nitrogens with zero attached hydrogens (tertiary/aromatic N) is 4. The average Bonchev–Trinajstić information content (AvgIpc) is 3.42. The normalized spacial score (nSPS) is 11.0. The van der Waals surface area contributed by atoms with E-state index in [1.165, 1.54) is 11.3 Å². The summed E-state index contributed by atoms with van der Waals surface area (Å²) < 4.78 is 8.75. The molecule has 30 heavy (non-hydrogen) atoms. The molecule has 2 aromatic carbocycles. The molecule has 0 saturated carbocycles. The second kappa shape index (κ2) is 9.09. The van der Waals surface area contributed by atoms with E-state index in [-0.39, 0.29) is 5.91 Å². The lowest BCUT2D eigenvalue weighted by Gasteiger charge is -2.20. The lowest BCUT2D eigenvalue weighted by atomic mass is 10.1. The van der Waals surface area contributed by atoms with Gasteiger partial charge in [-0.15, -0.1) is 0 Å². The molecule has 4 rings (SSSR count). The van der Waals surface area contributed by atoms with Gasteiger partial charge < -0.3 is 9.30 Å². The Labute approximate surface area is 179 Å². The maximum absolute atomic E-state index is 13.4. The molecule has 2 aromatic heterocycles. The fourth-order valence-electron chi connectivity index (χ4n) is 3.27. The van der Waals surface area contributed by atoms with Gasteiger partial charge in [-0.3, -0.25) is 9.69 Å². The van der Waals surface area contributed by atoms with Crippen LogP contribution < -0.4 is 9.64 Å². The molecule has 7 heteroatoms. The smallest absolute Gasteiger partial charge is 0.260 e. The number of thiazole rings is 1. The molecule has 6 nitrogen and oxygen atoms in total. The van der Waals surface area contributed by atoms with Gasteiger partial charge in [0.25, 0.3) is 5.91 Å².